The van der Waals surface area contributed by atoms with Crippen LogP contribution < -0.4 is 10.1 Å². The maximum atomic E-state index is 15.2. The minimum absolute atomic E-state index is 0.0584. The first-order valence-corrected chi connectivity index (χ1v) is 14.9. The number of fused-ring (bicyclic) bond motifs is 2. The predicted molar refractivity (Wildman–Crippen MR) is 156 cm³/mol. The molecule has 0 unspecified atom stereocenters. The van der Waals surface area contributed by atoms with Crippen molar-refractivity contribution < 1.29 is 21.7 Å². The van der Waals surface area contributed by atoms with Gasteiger partial charge < -0.3 is 14.6 Å². The molecule has 0 amide bonds. The number of nitrogens with one attached hydrogen (secondary N) is 1. The van der Waals surface area contributed by atoms with Crippen LogP contribution in [0.5, 0.6) is 11.5 Å². The number of hydrogen-bond acceptors (Lipinski definition) is 9. The Kier molecular flexibility index (Phi) is 7.30. The third kappa shape index (κ3) is 5.59. The third-order valence-electron chi connectivity index (χ3n) is 6.26. The van der Waals surface area contributed by atoms with E-state index in [1.165, 1.54) is 42.1 Å². The molecule has 13 heteroatoms. The van der Waals surface area contributed by atoms with Crippen LogP contribution in [0.2, 0.25) is 5.02 Å². The van der Waals surface area contributed by atoms with Crippen molar-refractivity contribution in [1.82, 2.24) is 18.9 Å². The molecular formula is C28H21ClFN5O4S2. The van der Waals surface area contributed by atoms with Gasteiger partial charge in [0.15, 0.2) is 17.4 Å². The molecule has 3 aromatic carbocycles. The molecule has 0 radical (unpaired) electrons. The van der Waals surface area contributed by atoms with E-state index in [9.17, 15) is 8.42 Å². The van der Waals surface area contributed by atoms with Gasteiger partial charge in [0.25, 0.3) is 10.1 Å². The van der Waals surface area contributed by atoms with E-state index in [0.29, 0.717) is 28.3 Å². The van der Waals surface area contributed by atoms with Crippen LogP contribution in [-0.2, 0) is 20.8 Å². The Labute approximate surface area is 243 Å². The van der Waals surface area contributed by atoms with Gasteiger partial charge in [-0.15, -0.1) is 0 Å². The molecule has 3 aromatic heterocycles. The Morgan fingerprint density at radius 3 is 2.73 bits per heavy atom. The molecule has 0 aliphatic rings. The van der Waals surface area contributed by atoms with Gasteiger partial charge in [-0.3, -0.25) is 4.18 Å². The molecule has 41 heavy (non-hydrogen) atoms. The smallest absolute Gasteiger partial charge is 0.297 e. The summed E-state index contributed by atoms with van der Waals surface area (Å²) in [5.74, 6) is 0.0361. The normalized spacial score (nSPS) is 11.8. The molecule has 0 bridgehead atoms. The number of nitrogens with zero attached hydrogens (tertiary/aromatic N) is 4. The van der Waals surface area contributed by atoms with Crippen LogP contribution in [0.15, 0.2) is 84.3 Å². The summed E-state index contributed by atoms with van der Waals surface area (Å²) in [7, 11) is -3.92. The number of rotatable bonds is 9. The number of aryl methyl sites for hydroxylation is 1. The largest absolute Gasteiger partial charge is 0.452 e. The number of halogens is 2. The molecule has 0 aliphatic carbocycles. The zero-order valence-electron chi connectivity index (χ0n) is 21.4. The Hall–Kier alpha value is -4.10. The van der Waals surface area contributed by atoms with Crippen molar-refractivity contribution in [2.24, 2.45) is 0 Å². The van der Waals surface area contributed by atoms with Crippen LogP contribution in [0.1, 0.15) is 5.56 Å². The Bertz CT molecular complexity index is 1970. The van der Waals surface area contributed by atoms with Crippen molar-refractivity contribution in [1.29, 1.82) is 0 Å². The molecular weight excluding hydrogens is 589 g/mol. The Morgan fingerprint density at radius 2 is 1.93 bits per heavy atom. The van der Waals surface area contributed by atoms with Crippen molar-refractivity contribution in [3.8, 4) is 11.5 Å². The van der Waals surface area contributed by atoms with Crippen LogP contribution in [0, 0.1) is 12.7 Å². The number of benzene rings is 3. The second kappa shape index (κ2) is 11.1. The second-order valence-corrected chi connectivity index (χ2v) is 11.9. The van der Waals surface area contributed by atoms with Crippen LogP contribution in [-0.4, -0.2) is 33.9 Å². The monoisotopic (exact) mass is 609 g/mol. The fourth-order valence-corrected chi connectivity index (χ4v) is 6.07. The summed E-state index contributed by atoms with van der Waals surface area (Å²) in [6.45, 7) is 1.95. The van der Waals surface area contributed by atoms with E-state index in [2.05, 4.69) is 19.7 Å². The molecule has 0 saturated carbocycles. The zero-order chi connectivity index (χ0) is 28.6. The standard InChI is InChI=1S/C28H21ClFN5O4S2/c1-17-5-7-19(8-6-17)41(36,37)38-12-11-35-10-9-23-26(35)28(32-16-31-23)34-18-13-21(29)27(22(30)14-18)39-24-3-2-4-25-20(24)15-33-40-25/h2-10,13-16H,11-12H2,1H3,(H,31,32,34). The molecule has 3 heterocycles. The maximum absolute atomic E-state index is 15.2. The third-order valence-corrected chi connectivity index (χ3v) is 8.63. The summed E-state index contributed by atoms with van der Waals surface area (Å²) in [5.41, 5.74) is 2.46. The van der Waals surface area contributed by atoms with Crippen molar-refractivity contribution in [3.05, 3.63) is 95.8 Å². The quantitative estimate of drug-likeness (QED) is 0.173. The van der Waals surface area contributed by atoms with Gasteiger partial charge in [-0.2, -0.15) is 12.8 Å². The Morgan fingerprint density at radius 1 is 1.10 bits per heavy atom. The molecule has 0 spiro atoms. The van der Waals surface area contributed by atoms with E-state index in [0.717, 1.165) is 15.6 Å². The van der Waals surface area contributed by atoms with Crippen molar-refractivity contribution in [3.63, 3.8) is 0 Å². The lowest BCUT2D eigenvalue weighted by molar-refractivity contribution is 0.302. The van der Waals surface area contributed by atoms with Crippen LogP contribution in [0.3, 0.4) is 0 Å². The number of aromatic nitrogens is 4. The molecule has 0 atom stereocenters. The lowest BCUT2D eigenvalue weighted by atomic mass is 10.2. The summed E-state index contributed by atoms with van der Waals surface area (Å²) in [4.78, 5) is 8.68. The van der Waals surface area contributed by atoms with Gasteiger partial charge in [-0.05, 0) is 54.9 Å². The van der Waals surface area contributed by atoms with E-state index in [4.69, 9.17) is 20.5 Å². The van der Waals surface area contributed by atoms with E-state index in [1.807, 2.05) is 13.0 Å². The molecule has 9 nitrogen and oxygen atoms in total. The summed E-state index contributed by atoms with van der Waals surface area (Å²) in [5, 5.41) is 3.91. The van der Waals surface area contributed by atoms with Gasteiger partial charge in [0, 0.05) is 24.5 Å². The zero-order valence-corrected chi connectivity index (χ0v) is 23.8. The first kappa shape index (κ1) is 27.1. The molecule has 0 fully saturated rings. The molecule has 1 N–H and O–H groups in total. The number of hydrogen-bond donors (Lipinski definition) is 1. The van der Waals surface area contributed by atoms with Gasteiger partial charge in [0.2, 0.25) is 0 Å². The van der Waals surface area contributed by atoms with Gasteiger partial charge >= 0.3 is 0 Å². The van der Waals surface area contributed by atoms with Crippen LogP contribution >= 0.6 is 23.1 Å². The predicted octanol–water partition coefficient (Wildman–Crippen LogP) is 7.08. The first-order valence-electron chi connectivity index (χ1n) is 12.3. The molecule has 0 saturated heterocycles. The van der Waals surface area contributed by atoms with Crippen LogP contribution in [0.4, 0.5) is 15.9 Å². The number of anilines is 2. The minimum atomic E-state index is -3.92. The first-order chi connectivity index (χ1) is 19.8. The van der Waals surface area contributed by atoms with Gasteiger partial charge in [-0.25, -0.2) is 14.4 Å². The molecule has 6 aromatic rings. The van der Waals surface area contributed by atoms with Crippen molar-refractivity contribution in [2.75, 3.05) is 11.9 Å². The summed E-state index contributed by atoms with van der Waals surface area (Å²) in [6, 6.07) is 16.4. The highest BCUT2D eigenvalue weighted by molar-refractivity contribution is 7.86. The minimum Gasteiger partial charge on any atom is -0.452 e. The van der Waals surface area contributed by atoms with Gasteiger partial charge in [-0.1, -0.05) is 35.4 Å². The maximum Gasteiger partial charge on any atom is 0.297 e. The highest BCUT2D eigenvalue weighted by atomic mass is 35.5. The van der Waals surface area contributed by atoms with E-state index < -0.39 is 15.9 Å². The second-order valence-electron chi connectivity index (χ2n) is 9.04. The highest BCUT2D eigenvalue weighted by Crippen LogP contribution is 2.38. The lowest BCUT2D eigenvalue weighted by Crippen LogP contribution is -2.12. The van der Waals surface area contributed by atoms with E-state index in [-0.39, 0.29) is 28.8 Å². The summed E-state index contributed by atoms with van der Waals surface area (Å²) < 4.78 is 58.3. The lowest BCUT2D eigenvalue weighted by Gasteiger charge is -2.14. The average Bonchev–Trinajstić information content (AvgIpc) is 3.59. The topological polar surface area (TPSA) is 108 Å². The van der Waals surface area contributed by atoms with Crippen molar-refractivity contribution >= 4 is 65.9 Å². The molecule has 6 rings (SSSR count). The van der Waals surface area contributed by atoms with Crippen molar-refractivity contribution in [2.45, 2.75) is 18.4 Å². The number of ether oxygens (including phenoxy) is 1. The molecule has 208 valence electrons. The van der Waals surface area contributed by atoms with E-state index in [1.54, 1.807) is 47.3 Å². The van der Waals surface area contributed by atoms with E-state index >= 15 is 4.39 Å². The fourth-order valence-electron chi connectivity index (χ4n) is 4.26. The molecule has 0 aliphatic heterocycles. The summed E-state index contributed by atoms with van der Waals surface area (Å²) >= 11 is 7.76. The van der Waals surface area contributed by atoms with Gasteiger partial charge in [0.05, 0.1) is 38.3 Å². The Balaban J connectivity index is 1.21. The highest BCUT2D eigenvalue weighted by Gasteiger charge is 2.18. The summed E-state index contributed by atoms with van der Waals surface area (Å²) in [6.07, 6.45) is 4.78. The average molecular weight is 610 g/mol. The van der Waals surface area contributed by atoms with Crippen LogP contribution in [0.25, 0.3) is 21.1 Å². The fraction of sp³-hybridized carbons (Fsp3) is 0.107. The van der Waals surface area contributed by atoms with Gasteiger partial charge in [0.1, 0.15) is 17.6 Å². The SMILES string of the molecule is Cc1ccc(S(=O)(=O)OCCn2ccc3ncnc(Nc4cc(F)c(Oc5cccc6sncc56)c(Cl)c4)c32)cc1.